The maximum absolute atomic E-state index is 11.8. The molecule has 104 valence electrons. The predicted octanol–water partition coefficient (Wildman–Crippen LogP) is 0.387. The van der Waals surface area contributed by atoms with E-state index in [1.54, 1.807) is 6.92 Å². The highest BCUT2D eigenvalue weighted by Gasteiger charge is 2.43. The summed E-state index contributed by atoms with van der Waals surface area (Å²) in [5.74, 6) is 0.783. The summed E-state index contributed by atoms with van der Waals surface area (Å²) in [5.41, 5.74) is -1.12. The third-order valence-corrected chi connectivity index (χ3v) is 4.14. The second-order valence-corrected chi connectivity index (χ2v) is 5.58. The van der Waals surface area contributed by atoms with Crippen LogP contribution in [-0.2, 0) is 16.0 Å². The number of carboxylic acid groups (broad SMARTS) is 1. The summed E-state index contributed by atoms with van der Waals surface area (Å²) >= 11 is 1.53. The molecule has 0 aliphatic carbocycles. The first kappa shape index (κ1) is 13.9. The number of aromatic nitrogens is 2. The van der Waals surface area contributed by atoms with Crippen LogP contribution in [0.2, 0.25) is 0 Å². The average molecular weight is 285 g/mol. The molecule has 0 spiro atoms. The molecule has 1 aromatic rings. The first-order valence-electron chi connectivity index (χ1n) is 5.93. The van der Waals surface area contributed by atoms with Crippen molar-refractivity contribution in [1.29, 1.82) is 0 Å². The van der Waals surface area contributed by atoms with Gasteiger partial charge in [0.1, 0.15) is 5.54 Å². The van der Waals surface area contributed by atoms with E-state index in [9.17, 15) is 14.7 Å². The Morgan fingerprint density at radius 1 is 1.58 bits per heavy atom. The maximum atomic E-state index is 11.8. The van der Waals surface area contributed by atoms with Crippen LogP contribution in [0.1, 0.15) is 24.6 Å². The highest BCUT2D eigenvalue weighted by Crippen LogP contribution is 2.28. The monoisotopic (exact) mass is 285 g/mol. The lowest BCUT2D eigenvalue weighted by Gasteiger charge is -2.24. The topological polar surface area (TPSA) is 105 Å². The van der Waals surface area contributed by atoms with E-state index >= 15 is 0 Å². The van der Waals surface area contributed by atoms with Crippen LogP contribution >= 0.6 is 11.8 Å². The van der Waals surface area contributed by atoms with Crippen molar-refractivity contribution in [3.05, 3.63) is 11.7 Å². The van der Waals surface area contributed by atoms with Crippen LogP contribution in [0.15, 0.2) is 4.52 Å². The number of thioether (sulfide) groups is 1. The van der Waals surface area contributed by atoms with Crippen LogP contribution in [0.25, 0.3) is 0 Å². The molecular formula is C11H15N3O4S. The zero-order valence-corrected chi connectivity index (χ0v) is 11.3. The highest BCUT2D eigenvalue weighted by atomic mass is 32.2. The number of carbonyl (C=O) groups is 2. The molecule has 1 aliphatic rings. The number of amides is 1. The van der Waals surface area contributed by atoms with Gasteiger partial charge in [-0.15, -0.1) is 0 Å². The van der Waals surface area contributed by atoms with Crippen molar-refractivity contribution >= 4 is 23.6 Å². The summed E-state index contributed by atoms with van der Waals surface area (Å²) in [6.45, 7) is 1.70. The van der Waals surface area contributed by atoms with Crippen LogP contribution in [0.5, 0.6) is 0 Å². The van der Waals surface area contributed by atoms with Crippen molar-refractivity contribution in [3.8, 4) is 0 Å². The van der Waals surface area contributed by atoms with Gasteiger partial charge in [0.15, 0.2) is 5.82 Å². The largest absolute Gasteiger partial charge is 0.479 e. The summed E-state index contributed by atoms with van der Waals surface area (Å²) in [5, 5.41) is 15.5. The van der Waals surface area contributed by atoms with Crippen LogP contribution in [0, 0.1) is 6.92 Å². The molecule has 1 unspecified atom stereocenters. The van der Waals surface area contributed by atoms with Gasteiger partial charge >= 0.3 is 5.97 Å². The van der Waals surface area contributed by atoms with Crippen molar-refractivity contribution in [2.75, 3.05) is 11.5 Å². The molecule has 0 saturated carbocycles. The lowest BCUT2D eigenvalue weighted by molar-refractivity contribution is -0.146. The van der Waals surface area contributed by atoms with Crippen LogP contribution in [0.3, 0.4) is 0 Å². The molecule has 1 atom stereocenters. The second-order valence-electron chi connectivity index (χ2n) is 4.47. The summed E-state index contributed by atoms with van der Waals surface area (Å²) in [7, 11) is 0. The molecule has 0 bridgehead atoms. The van der Waals surface area contributed by atoms with Crippen LogP contribution in [0.4, 0.5) is 0 Å². The Balaban J connectivity index is 1.88. The Kier molecular flexibility index (Phi) is 4.08. The normalized spacial score (nSPS) is 22.4. The van der Waals surface area contributed by atoms with Gasteiger partial charge in [-0.2, -0.15) is 16.7 Å². The molecule has 0 aromatic carbocycles. The first-order valence-corrected chi connectivity index (χ1v) is 7.09. The molecule has 7 nitrogen and oxygen atoms in total. The lowest BCUT2D eigenvalue weighted by Crippen LogP contribution is -2.54. The number of hydrogen-bond donors (Lipinski definition) is 2. The lowest BCUT2D eigenvalue weighted by atomic mass is 9.99. The number of hydrogen-bond acceptors (Lipinski definition) is 6. The molecule has 2 rings (SSSR count). The van der Waals surface area contributed by atoms with Gasteiger partial charge in [-0.1, -0.05) is 5.16 Å². The van der Waals surface area contributed by atoms with Gasteiger partial charge in [0, 0.05) is 18.6 Å². The third kappa shape index (κ3) is 3.25. The molecule has 19 heavy (non-hydrogen) atoms. The fourth-order valence-corrected chi connectivity index (χ4v) is 3.20. The zero-order valence-electron chi connectivity index (χ0n) is 10.5. The Labute approximate surface area is 114 Å². The Hall–Kier alpha value is -1.57. The minimum Gasteiger partial charge on any atom is -0.479 e. The third-order valence-electron chi connectivity index (χ3n) is 2.95. The number of nitrogens with one attached hydrogen (secondary N) is 1. The SMILES string of the molecule is Cc1noc(CCC(=O)NC2(C(=O)O)CCSC2)n1. The molecule has 0 radical (unpaired) electrons. The molecule has 2 heterocycles. The van der Waals surface area contributed by atoms with E-state index in [4.69, 9.17) is 4.52 Å². The predicted molar refractivity (Wildman–Crippen MR) is 67.8 cm³/mol. The fraction of sp³-hybridized carbons (Fsp3) is 0.636. The van der Waals surface area contributed by atoms with Gasteiger partial charge in [-0.05, 0) is 19.1 Å². The van der Waals surface area contributed by atoms with Crippen molar-refractivity contribution in [1.82, 2.24) is 15.5 Å². The quantitative estimate of drug-likeness (QED) is 0.806. The second kappa shape index (κ2) is 5.60. The number of nitrogens with zero attached hydrogens (tertiary/aromatic N) is 2. The standard InChI is InChI=1S/C11H15N3O4S/c1-7-12-9(18-14-7)3-2-8(15)13-11(10(16)17)4-5-19-6-11/h2-6H2,1H3,(H,13,15)(H,16,17). The number of rotatable bonds is 5. The van der Waals surface area contributed by atoms with Crippen molar-refractivity contribution in [3.63, 3.8) is 0 Å². The minimum atomic E-state index is -1.12. The Bertz CT molecular complexity index is 482. The molecule has 2 N–H and O–H groups in total. The summed E-state index contributed by atoms with van der Waals surface area (Å²) < 4.78 is 4.90. The van der Waals surface area contributed by atoms with Crippen molar-refractivity contribution in [2.24, 2.45) is 0 Å². The van der Waals surface area contributed by atoms with Crippen LogP contribution < -0.4 is 5.32 Å². The first-order chi connectivity index (χ1) is 9.02. The maximum Gasteiger partial charge on any atom is 0.330 e. The van der Waals surface area contributed by atoms with Crippen molar-refractivity contribution in [2.45, 2.75) is 31.7 Å². The van der Waals surface area contributed by atoms with E-state index in [-0.39, 0.29) is 12.3 Å². The summed E-state index contributed by atoms with van der Waals surface area (Å²) in [6, 6.07) is 0. The van der Waals surface area contributed by atoms with Gasteiger partial charge in [0.05, 0.1) is 0 Å². The summed E-state index contributed by atoms with van der Waals surface area (Å²) in [4.78, 5) is 27.1. The van der Waals surface area contributed by atoms with E-state index in [0.717, 1.165) is 5.75 Å². The molecule has 1 saturated heterocycles. The highest BCUT2D eigenvalue weighted by molar-refractivity contribution is 7.99. The molecule has 1 aromatic heterocycles. The van der Waals surface area contributed by atoms with Gasteiger partial charge in [-0.25, -0.2) is 4.79 Å². The molecular weight excluding hydrogens is 270 g/mol. The molecule has 1 aliphatic heterocycles. The number of carboxylic acids is 1. The Morgan fingerprint density at radius 2 is 2.37 bits per heavy atom. The zero-order chi connectivity index (χ0) is 13.9. The van der Waals surface area contributed by atoms with Gasteiger partial charge in [0.2, 0.25) is 11.8 Å². The van der Waals surface area contributed by atoms with E-state index in [1.165, 1.54) is 11.8 Å². The van der Waals surface area contributed by atoms with E-state index in [1.807, 2.05) is 0 Å². The van der Waals surface area contributed by atoms with Gasteiger partial charge in [-0.3, -0.25) is 4.79 Å². The van der Waals surface area contributed by atoms with Crippen molar-refractivity contribution < 1.29 is 19.2 Å². The van der Waals surface area contributed by atoms with Crippen LogP contribution in [-0.4, -0.2) is 44.2 Å². The number of aliphatic carboxylic acids is 1. The summed E-state index contributed by atoms with van der Waals surface area (Å²) in [6.07, 6.45) is 0.912. The van der Waals surface area contributed by atoms with Gasteiger partial charge < -0.3 is 14.9 Å². The molecule has 8 heteroatoms. The Morgan fingerprint density at radius 3 is 2.89 bits per heavy atom. The number of aryl methyl sites for hydroxylation is 2. The van der Waals surface area contributed by atoms with E-state index < -0.39 is 11.5 Å². The number of carbonyl (C=O) groups excluding carboxylic acids is 1. The molecule has 1 amide bonds. The van der Waals surface area contributed by atoms with Gasteiger partial charge in [0.25, 0.3) is 0 Å². The molecule has 1 fully saturated rings. The fourth-order valence-electron chi connectivity index (χ4n) is 1.88. The minimum absolute atomic E-state index is 0.140. The van der Waals surface area contributed by atoms with E-state index in [0.29, 0.717) is 30.3 Å². The van der Waals surface area contributed by atoms with E-state index in [2.05, 4.69) is 15.5 Å². The average Bonchev–Trinajstić information content (AvgIpc) is 2.97. The smallest absolute Gasteiger partial charge is 0.330 e.